The van der Waals surface area contributed by atoms with Crippen LogP contribution < -0.4 is 10.6 Å². The summed E-state index contributed by atoms with van der Waals surface area (Å²) in [5.41, 5.74) is 2.15. The van der Waals surface area contributed by atoms with Crippen LogP contribution in [0.4, 0.5) is 0 Å². The first-order valence-electron chi connectivity index (χ1n) is 10.6. The molecule has 6 nitrogen and oxygen atoms in total. The summed E-state index contributed by atoms with van der Waals surface area (Å²) in [5.74, 6) is 1.82. The molecule has 0 saturated carbocycles. The van der Waals surface area contributed by atoms with E-state index in [1.807, 2.05) is 24.3 Å². The molecule has 1 saturated heterocycles. The first kappa shape index (κ1) is 23.7. The number of nitrogens with one attached hydrogen (secondary N) is 2. The van der Waals surface area contributed by atoms with E-state index in [-0.39, 0.29) is 30.0 Å². The Kier molecular flexibility index (Phi) is 9.35. The predicted molar refractivity (Wildman–Crippen MR) is 138 cm³/mol. The van der Waals surface area contributed by atoms with E-state index < -0.39 is 0 Å². The van der Waals surface area contributed by atoms with Gasteiger partial charge in [-0.25, -0.2) is 9.98 Å². The molecule has 1 aliphatic rings. The largest absolute Gasteiger partial charge is 0.468 e. The summed E-state index contributed by atoms with van der Waals surface area (Å²) in [6, 6.07) is 14.5. The topological polar surface area (TPSA) is 65.7 Å². The lowest BCUT2D eigenvalue weighted by Crippen LogP contribution is -2.42. The van der Waals surface area contributed by atoms with Gasteiger partial charge in [-0.1, -0.05) is 30.3 Å². The third-order valence-electron chi connectivity index (χ3n) is 5.25. The van der Waals surface area contributed by atoms with E-state index in [0.29, 0.717) is 6.54 Å². The molecular weight excluding hydrogens is 521 g/mol. The number of likely N-dealkylation sites (tertiary alicyclic amines) is 1. The minimum Gasteiger partial charge on any atom is -0.468 e. The second-order valence-corrected chi connectivity index (χ2v) is 8.29. The number of furan rings is 1. The molecule has 31 heavy (non-hydrogen) atoms. The number of rotatable bonds is 8. The van der Waals surface area contributed by atoms with E-state index in [1.165, 1.54) is 12.8 Å². The number of halogens is 1. The Bertz CT molecular complexity index is 923. The maximum absolute atomic E-state index is 5.72. The van der Waals surface area contributed by atoms with Crippen molar-refractivity contribution in [2.45, 2.75) is 32.4 Å². The third-order valence-corrected chi connectivity index (χ3v) is 6.09. The van der Waals surface area contributed by atoms with Crippen LogP contribution >= 0.6 is 35.3 Å². The molecule has 1 aliphatic heterocycles. The molecule has 0 radical (unpaired) electrons. The Labute approximate surface area is 205 Å². The molecule has 2 aromatic heterocycles. The van der Waals surface area contributed by atoms with Crippen molar-refractivity contribution in [1.82, 2.24) is 20.5 Å². The Hall–Kier alpha value is -1.91. The number of aromatic nitrogens is 1. The fraction of sp³-hybridized carbons (Fsp3) is 0.391. The number of aliphatic imine (C=N–C) groups is 1. The van der Waals surface area contributed by atoms with Crippen molar-refractivity contribution in [1.29, 1.82) is 0 Å². The minimum atomic E-state index is 0. The lowest BCUT2D eigenvalue weighted by Gasteiger charge is -2.26. The Balaban J connectivity index is 0.00000272. The molecule has 0 spiro atoms. The van der Waals surface area contributed by atoms with Gasteiger partial charge in [0.15, 0.2) is 5.96 Å². The van der Waals surface area contributed by atoms with Gasteiger partial charge in [-0.15, -0.1) is 35.3 Å². The Morgan fingerprint density at radius 3 is 2.68 bits per heavy atom. The van der Waals surface area contributed by atoms with E-state index in [1.54, 1.807) is 17.6 Å². The highest BCUT2D eigenvalue weighted by atomic mass is 127. The number of thiazole rings is 1. The summed E-state index contributed by atoms with van der Waals surface area (Å²) in [7, 11) is 0. The molecule has 1 unspecified atom stereocenters. The average molecular weight is 551 g/mol. The van der Waals surface area contributed by atoms with E-state index in [9.17, 15) is 0 Å². The maximum Gasteiger partial charge on any atom is 0.191 e. The number of hydrogen-bond acceptors (Lipinski definition) is 5. The van der Waals surface area contributed by atoms with Crippen LogP contribution in [0.15, 0.2) is 63.5 Å². The van der Waals surface area contributed by atoms with Crippen molar-refractivity contribution < 1.29 is 4.42 Å². The second-order valence-electron chi connectivity index (χ2n) is 7.34. The SMILES string of the molecule is CCNC(=NCc1nc(-c2ccccc2)cs1)NCC(c1ccco1)N1CCCC1.I. The van der Waals surface area contributed by atoms with E-state index in [0.717, 1.165) is 54.2 Å². The number of benzene rings is 1. The molecule has 1 aromatic carbocycles. The molecule has 3 aromatic rings. The highest BCUT2D eigenvalue weighted by Crippen LogP contribution is 2.25. The van der Waals surface area contributed by atoms with Crippen LogP contribution in [0.3, 0.4) is 0 Å². The summed E-state index contributed by atoms with van der Waals surface area (Å²) in [6.45, 7) is 6.44. The quantitative estimate of drug-likeness (QED) is 0.237. The van der Waals surface area contributed by atoms with Gasteiger partial charge in [-0.3, -0.25) is 4.90 Å². The standard InChI is InChI=1S/C23H29N5OS.HI/c1-2-24-23(25-15-20(21-11-8-14-29-21)28-12-6-7-13-28)26-16-22-27-19(17-30-22)18-9-4-3-5-10-18;/h3-5,8-11,14,17,20H,2,6-7,12-13,15-16H2,1H3,(H2,24,25,26);1H. The Morgan fingerprint density at radius 2 is 1.97 bits per heavy atom. The molecule has 4 rings (SSSR count). The second kappa shape index (κ2) is 12.2. The van der Waals surface area contributed by atoms with Gasteiger partial charge in [0.25, 0.3) is 0 Å². The predicted octanol–water partition coefficient (Wildman–Crippen LogP) is 4.91. The molecule has 166 valence electrons. The van der Waals surface area contributed by atoms with Gasteiger partial charge in [0, 0.05) is 24.0 Å². The summed E-state index contributed by atoms with van der Waals surface area (Å²) in [5, 5.41) is 9.96. The number of nitrogens with zero attached hydrogens (tertiary/aromatic N) is 3. The molecule has 0 amide bonds. The molecule has 0 bridgehead atoms. The number of hydrogen-bond donors (Lipinski definition) is 2. The van der Waals surface area contributed by atoms with E-state index in [2.05, 4.69) is 46.0 Å². The first-order valence-corrected chi connectivity index (χ1v) is 11.5. The lowest BCUT2D eigenvalue weighted by molar-refractivity contribution is 0.215. The Morgan fingerprint density at radius 1 is 1.16 bits per heavy atom. The van der Waals surface area contributed by atoms with Gasteiger partial charge in [-0.2, -0.15) is 0 Å². The summed E-state index contributed by atoms with van der Waals surface area (Å²) in [4.78, 5) is 12.0. The summed E-state index contributed by atoms with van der Waals surface area (Å²) >= 11 is 1.65. The molecule has 2 N–H and O–H groups in total. The molecule has 8 heteroatoms. The minimum absolute atomic E-state index is 0. The van der Waals surface area contributed by atoms with Gasteiger partial charge < -0.3 is 15.1 Å². The van der Waals surface area contributed by atoms with Crippen molar-refractivity contribution in [3.05, 3.63) is 64.9 Å². The van der Waals surface area contributed by atoms with Gasteiger partial charge in [0.05, 0.1) is 24.5 Å². The van der Waals surface area contributed by atoms with Crippen LogP contribution in [-0.4, -0.2) is 42.0 Å². The zero-order valence-corrected chi connectivity index (χ0v) is 20.9. The van der Waals surface area contributed by atoms with Gasteiger partial charge in [0.1, 0.15) is 10.8 Å². The van der Waals surface area contributed by atoms with Gasteiger partial charge in [0.2, 0.25) is 0 Å². The molecule has 0 aliphatic carbocycles. The zero-order valence-electron chi connectivity index (χ0n) is 17.8. The highest BCUT2D eigenvalue weighted by molar-refractivity contribution is 14.0. The van der Waals surface area contributed by atoms with E-state index in [4.69, 9.17) is 14.4 Å². The monoisotopic (exact) mass is 551 g/mol. The molecular formula is C23H30IN5OS. The van der Waals surface area contributed by atoms with Crippen molar-refractivity contribution >= 4 is 41.3 Å². The normalized spacial score (nSPS) is 15.5. The van der Waals surface area contributed by atoms with Crippen molar-refractivity contribution in [2.75, 3.05) is 26.2 Å². The highest BCUT2D eigenvalue weighted by Gasteiger charge is 2.25. The molecule has 1 fully saturated rings. The summed E-state index contributed by atoms with van der Waals surface area (Å²) in [6.07, 6.45) is 4.25. The smallest absolute Gasteiger partial charge is 0.191 e. The summed E-state index contributed by atoms with van der Waals surface area (Å²) < 4.78 is 5.72. The lowest BCUT2D eigenvalue weighted by atomic mass is 10.2. The zero-order chi connectivity index (χ0) is 20.6. The number of guanidine groups is 1. The maximum atomic E-state index is 5.72. The fourth-order valence-corrected chi connectivity index (χ4v) is 4.48. The van der Waals surface area contributed by atoms with Crippen molar-refractivity contribution in [3.63, 3.8) is 0 Å². The van der Waals surface area contributed by atoms with Crippen molar-refractivity contribution in [2.24, 2.45) is 4.99 Å². The van der Waals surface area contributed by atoms with Crippen LogP contribution in [0.1, 0.15) is 36.6 Å². The van der Waals surface area contributed by atoms with Crippen LogP contribution in [0.5, 0.6) is 0 Å². The van der Waals surface area contributed by atoms with Crippen LogP contribution in [0.25, 0.3) is 11.3 Å². The van der Waals surface area contributed by atoms with Gasteiger partial charge >= 0.3 is 0 Å². The third kappa shape index (κ3) is 6.54. The van der Waals surface area contributed by atoms with Crippen LogP contribution in [-0.2, 0) is 6.54 Å². The van der Waals surface area contributed by atoms with E-state index >= 15 is 0 Å². The fourth-order valence-electron chi connectivity index (χ4n) is 3.75. The molecule has 3 heterocycles. The van der Waals surface area contributed by atoms with Crippen molar-refractivity contribution in [3.8, 4) is 11.3 Å². The van der Waals surface area contributed by atoms with Gasteiger partial charge in [-0.05, 0) is 45.0 Å². The van der Waals surface area contributed by atoms with Crippen LogP contribution in [0, 0.1) is 0 Å². The first-order chi connectivity index (χ1) is 14.8. The average Bonchev–Trinajstić information content (AvgIpc) is 3.56. The van der Waals surface area contributed by atoms with Crippen LogP contribution in [0.2, 0.25) is 0 Å². The molecule has 1 atom stereocenters.